The molecule has 1 aliphatic heterocycles. The van der Waals surface area contributed by atoms with E-state index >= 15 is 0 Å². The maximum Gasteiger partial charge on any atom is 0.271 e. The van der Waals surface area contributed by atoms with E-state index in [4.69, 9.17) is 4.52 Å². The molecule has 0 spiro atoms. The molecule has 0 saturated carbocycles. The van der Waals surface area contributed by atoms with E-state index in [0.29, 0.717) is 12.4 Å². The number of nitrogens with zero attached hydrogens (tertiary/aromatic N) is 5. The first kappa shape index (κ1) is 14.5. The summed E-state index contributed by atoms with van der Waals surface area (Å²) in [4.78, 5) is 23.4. The van der Waals surface area contributed by atoms with Gasteiger partial charge in [0.1, 0.15) is 4.70 Å². The Bertz CT molecular complexity index is 883. The zero-order chi connectivity index (χ0) is 15.8. The molecule has 0 aromatic carbocycles. The Morgan fingerprint density at radius 1 is 1.43 bits per heavy atom. The number of hydrogen-bond donors (Lipinski definition) is 0. The Balaban J connectivity index is 1.51. The first-order valence-corrected chi connectivity index (χ1v) is 8.57. The van der Waals surface area contributed by atoms with Gasteiger partial charge >= 0.3 is 0 Å². The third-order valence-electron chi connectivity index (χ3n) is 4.27. The first-order valence-electron chi connectivity index (χ1n) is 7.69. The molecule has 0 aliphatic carbocycles. The Morgan fingerprint density at radius 3 is 3.17 bits per heavy atom. The van der Waals surface area contributed by atoms with Crippen molar-refractivity contribution >= 4 is 21.6 Å². The molecule has 0 unspecified atom stereocenters. The molecule has 1 aliphatic rings. The van der Waals surface area contributed by atoms with Crippen LogP contribution >= 0.6 is 11.3 Å². The lowest BCUT2D eigenvalue weighted by molar-refractivity contribution is 0.232. The highest BCUT2D eigenvalue weighted by atomic mass is 32.1. The maximum absolute atomic E-state index is 12.4. The zero-order valence-corrected chi connectivity index (χ0v) is 13.6. The molecule has 23 heavy (non-hydrogen) atoms. The molecule has 7 nitrogen and oxygen atoms in total. The van der Waals surface area contributed by atoms with E-state index in [1.807, 2.05) is 11.4 Å². The van der Waals surface area contributed by atoms with Crippen LogP contribution in [-0.4, -0.2) is 37.7 Å². The number of likely N-dealkylation sites (tertiary alicyclic amines) is 1. The van der Waals surface area contributed by atoms with Gasteiger partial charge in [-0.2, -0.15) is 4.98 Å². The maximum atomic E-state index is 12.4. The minimum Gasteiger partial charge on any atom is -0.340 e. The third kappa shape index (κ3) is 2.68. The normalized spacial score (nSPS) is 18.9. The van der Waals surface area contributed by atoms with Gasteiger partial charge in [0.15, 0.2) is 5.82 Å². The van der Waals surface area contributed by atoms with Gasteiger partial charge < -0.3 is 4.52 Å². The summed E-state index contributed by atoms with van der Waals surface area (Å²) in [5.74, 6) is 1.34. The standard InChI is InChI=1S/C15H17N5O2S/c1-10-17-14(18-22-10)12-3-2-5-19(12)6-7-20-9-16-11-4-8-23-13(11)15(20)21/h4,8-9,12H,2-3,5-7H2,1H3/t12-/m0/s1. The molecule has 1 atom stereocenters. The Morgan fingerprint density at radius 2 is 2.35 bits per heavy atom. The van der Waals surface area contributed by atoms with Crippen molar-refractivity contribution < 1.29 is 4.52 Å². The average Bonchev–Trinajstić information content (AvgIpc) is 3.25. The van der Waals surface area contributed by atoms with Gasteiger partial charge in [-0.05, 0) is 30.8 Å². The van der Waals surface area contributed by atoms with Crippen LogP contribution in [0, 0.1) is 6.92 Å². The molecular weight excluding hydrogens is 314 g/mol. The second kappa shape index (κ2) is 5.86. The van der Waals surface area contributed by atoms with Gasteiger partial charge in [0.05, 0.1) is 17.9 Å². The second-order valence-corrected chi connectivity index (χ2v) is 6.66. The highest BCUT2D eigenvalue weighted by Crippen LogP contribution is 2.29. The Kier molecular flexibility index (Phi) is 3.70. The lowest BCUT2D eigenvalue weighted by Crippen LogP contribution is -2.31. The highest BCUT2D eigenvalue weighted by molar-refractivity contribution is 7.17. The molecule has 3 aromatic heterocycles. The van der Waals surface area contributed by atoms with Crippen LogP contribution in [0.25, 0.3) is 10.2 Å². The summed E-state index contributed by atoms with van der Waals surface area (Å²) in [5.41, 5.74) is 0.814. The minimum atomic E-state index is 0.0381. The van der Waals surface area contributed by atoms with Crippen LogP contribution in [0.1, 0.15) is 30.6 Å². The number of aromatic nitrogens is 4. The van der Waals surface area contributed by atoms with Gasteiger partial charge in [-0.3, -0.25) is 14.3 Å². The van der Waals surface area contributed by atoms with E-state index in [1.54, 1.807) is 17.8 Å². The number of hydrogen-bond acceptors (Lipinski definition) is 7. The monoisotopic (exact) mass is 331 g/mol. The first-order chi connectivity index (χ1) is 11.2. The Labute approximate surface area is 136 Å². The largest absolute Gasteiger partial charge is 0.340 e. The van der Waals surface area contributed by atoms with Gasteiger partial charge in [-0.25, -0.2) is 4.98 Å². The molecule has 0 radical (unpaired) electrons. The van der Waals surface area contributed by atoms with Crippen molar-refractivity contribution in [3.05, 3.63) is 39.8 Å². The molecule has 1 saturated heterocycles. The van der Waals surface area contributed by atoms with Crippen molar-refractivity contribution in [2.45, 2.75) is 32.4 Å². The van der Waals surface area contributed by atoms with E-state index in [2.05, 4.69) is 20.0 Å². The summed E-state index contributed by atoms with van der Waals surface area (Å²) in [6, 6.07) is 2.06. The summed E-state index contributed by atoms with van der Waals surface area (Å²) in [6.45, 7) is 4.18. The molecule has 0 bridgehead atoms. The molecule has 3 aromatic rings. The van der Waals surface area contributed by atoms with E-state index in [0.717, 1.165) is 42.0 Å². The van der Waals surface area contributed by atoms with E-state index in [-0.39, 0.29) is 11.6 Å². The quantitative estimate of drug-likeness (QED) is 0.727. The zero-order valence-electron chi connectivity index (χ0n) is 12.8. The molecule has 4 rings (SSSR count). The van der Waals surface area contributed by atoms with Crippen molar-refractivity contribution in [1.82, 2.24) is 24.6 Å². The van der Waals surface area contributed by atoms with Crippen molar-refractivity contribution in [1.29, 1.82) is 0 Å². The summed E-state index contributed by atoms with van der Waals surface area (Å²) < 4.78 is 7.51. The average molecular weight is 331 g/mol. The summed E-state index contributed by atoms with van der Waals surface area (Å²) in [6.07, 6.45) is 3.77. The van der Waals surface area contributed by atoms with Crippen molar-refractivity contribution in [2.24, 2.45) is 0 Å². The molecule has 0 N–H and O–H groups in total. The predicted octanol–water partition coefficient (Wildman–Crippen LogP) is 1.99. The van der Waals surface area contributed by atoms with Crippen LogP contribution < -0.4 is 5.56 Å². The molecular formula is C15H17N5O2S. The van der Waals surface area contributed by atoms with E-state index in [9.17, 15) is 4.79 Å². The highest BCUT2D eigenvalue weighted by Gasteiger charge is 2.29. The van der Waals surface area contributed by atoms with Gasteiger partial charge in [0.25, 0.3) is 5.56 Å². The fourth-order valence-corrected chi connectivity index (χ4v) is 3.90. The van der Waals surface area contributed by atoms with Gasteiger partial charge in [0.2, 0.25) is 5.89 Å². The fourth-order valence-electron chi connectivity index (χ4n) is 3.11. The predicted molar refractivity (Wildman–Crippen MR) is 86.5 cm³/mol. The third-order valence-corrected chi connectivity index (χ3v) is 5.16. The molecule has 1 fully saturated rings. The van der Waals surface area contributed by atoms with Crippen molar-refractivity contribution in [3.8, 4) is 0 Å². The lowest BCUT2D eigenvalue weighted by atomic mass is 10.2. The number of thiophene rings is 1. The minimum absolute atomic E-state index is 0.0381. The van der Waals surface area contributed by atoms with Crippen LogP contribution in [0.5, 0.6) is 0 Å². The van der Waals surface area contributed by atoms with E-state index in [1.165, 1.54) is 11.3 Å². The van der Waals surface area contributed by atoms with Crippen molar-refractivity contribution in [2.75, 3.05) is 13.1 Å². The van der Waals surface area contributed by atoms with Crippen molar-refractivity contribution in [3.63, 3.8) is 0 Å². The van der Waals surface area contributed by atoms with E-state index < -0.39 is 0 Å². The topological polar surface area (TPSA) is 77.1 Å². The molecule has 4 heterocycles. The van der Waals surface area contributed by atoms with Crippen LogP contribution in [0.3, 0.4) is 0 Å². The fraction of sp³-hybridized carbons (Fsp3) is 0.467. The van der Waals surface area contributed by atoms with Crippen LogP contribution in [0.15, 0.2) is 27.1 Å². The number of aryl methyl sites for hydroxylation is 1. The van der Waals surface area contributed by atoms with Crippen LogP contribution in [0.4, 0.5) is 0 Å². The summed E-state index contributed by atoms with van der Waals surface area (Å²) in [7, 11) is 0. The smallest absolute Gasteiger partial charge is 0.271 e. The van der Waals surface area contributed by atoms with Gasteiger partial charge in [-0.15, -0.1) is 11.3 Å². The summed E-state index contributed by atoms with van der Waals surface area (Å²) in [5, 5.41) is 5.95. The lowest BCUT2D eigenvalue weighted by Gasteiger charge is -2.21. The SMILES string of the molecule is Cc1nc([C@@H]2CCCN2CCn2cnc3ccsc3c2=O)no1. The summed E-state index contributed by atoms with van der Waals surface area (Å²) >= 11 is 1.44. The molecule has 8 heteroatoms. The van der Waals surface area contributed by atoms with Gasteiger partial charge in [-0.1, -0.05) is 5.16 Å². The Hall–Kier alpha value is -2.06. The number of fused-ring (bicyclic) bond motifs is 1. The van der Waals surface area contributed by atoms with Crippen LogP contribution in [-0.2, 0) is 6.54 Å². The molecule has 0 amide bonds. The van der Waals surface area contributed by atoms with Gasteiger partial charge in [0, 0.05) is 20.0 Å². The second-order valence-electron chi connectivity index (χ2n) is 5.74. The van der Waals surface area contributed by atoms with Crippen LogP contribution in [0.2, 0.25) is 0 Å². The number of rotatable bonds is 4. The molecule has 120 valence electrons.